The Kier molecular flexibility index (Phi) is 7.07. The average Bonchev–Trinajstić information content (AvgIpc) is 2.78. The number of ether oxygens (including phenoxy) is 1. The molecule has 2 aromatic carbocycles. The summed E-state index contributed by atoms with van der Waals surface area (Å²) >= 11 is 0. The molecule has 0 atom stereocenters. The van der Waals surface area contributed by atoms with Crippen LogP contribution in [0, 0.1) is 11.3 Å². The van der Waals surface area contributed by atoms with Gasteiger partial charge < -0.3 is 15.0 Å². The topological polar surface area (TPSA) is 103 Å². The van der Waals surface area contributed by atoms with E-state index in [1.807, 2.05) is 49.3 Å². The highest BCUT2D eigenvalue weighted by Gasteiger charge is 2.26. The van der Waals surface area contributed by atoms with Crippen LogP contribution < -0.4 is 10.2 Å². The van der Waals surface area contributed by atoms with E-state index in [1.54, 1.807) is 12.1 Å². The molecule has 0 aliphatic carbocycles. The molecule has 2 aromatic rings. The van der Waals surface area contributed by atoms with Crippen molar-refractivity contribution in [3.8, 4) is 6.07 Å². The lowest BCUT2D eigenvalue weighted by Crippen LogP contribution is -2.40. The summed E-state index contributed by atoms with van der Waals surface area (Å²) in [6.07, 6.45) is 1.49. The van der Waals surface area contributed by atoms with Crippen LogP contribution in [0.5, 0.6) is 0 Å². The summed E-state index contributed by atoms with van der Waals surface area (Å²) in [6, 6.07) is 15.3. The Balaban J connectivity index is 1.77. The van der Waals surface area contributed by atoms with Crippen molar-refractivity contribution < 1.29 is 17.9 Å². The molecular formula is C22H24N4O4S. The number of sulfonamides is 1. The fraction of sp³-hybridized carbons (Fsp3) is 0.273. The maximum absolute atomic E-state index is 12.8. The lowest BCUT2D eigenvalue weighted by Gasteiger charge is -2.26. The second-order valence-corrected chi connectivity index (χ2v) is 9.09. The Morgan fingerprint density at radius 3 is 2.45 bits per heavy atom. The van der Waals surface area contributed by atoms with E-state index in [2.05, 4.69) is 5.32 Å². The van der Waals surface area contributed by atoms with Gasteiger partial charge in [0, 0.05) is 38.6 Å². The molecule has 1 heterocycles. The van der Waals surface area contributed by atoms with Crippen molar-refractivity contribution in [1.29, 1.82) is 5.26 Å². The van der Waals surface area contributed by atoms with E-state index in [0.29, 0.717) is 24.5 Å². The Hall–Kier alpha value is -3.19. The van der Waals surface area contributed by atoms with Gasteiger partial charge in [-0.25, -0.2) is 8.42 Å². The predicted octanol–water partition coefficient (Wildman–Crippen LogP) is 2.32. The minimum absolute atomic E-state index is 0.0777. The molecule has 0 radical (unpaired) electrons. The molecule has 31 heavy (non-hydrogen) atoms. The van der Waals surface area contributed by atoms with Crippen LogP contribution in [0.1, 0.15) is 5.56 Å². The number of hydrogen-bond acceptors (Lipinski definition) is 6. The molecule has 1 saturated heterocycles. The summed E-state index contributed by atoms with van der Waals surface area (Å²) < 4.78 is 32.2. The summed E-state index contributed by atoms with van der Waals surface area (Å²) in [6.45, 7) is 1.27. The molecule has 162 valence electrons. The van der Waals surface area contributed by atoms with Gasteiger partial charge in [-0.2, -0.15) is 9.57 Å². The van der Waals surface area contributed by atoms with Gasteiger partial charge in [0.05, 0.1) is 18.1 Å². The van der Waals surface area contributed by atoms with Gasteiger partial charge in [-0.05, 0) is 42.0 Å². The first-order valence-corrected chi connectivity index (χ1v) is 11.1. The van der Waals surface area contributed by atoms with E-state index in [9.17, 15) is 18.5 Å². The van der Waals surface area contributed by atoms with Gasteiger partial charge in [-0.3, -0.25) is 4.79 Å². The Labute approximate surface area is 182 Å². The first-order chi connectivity index (χ1) is 14.8. The molecule has 0 spiro atoms. The SMILES string of the molecule is CN(C)c1ccc(/C=C(/C#N)C(=O)Nc2cccc(S(=O)(=O)N3CCOCC3)c2)cc1. The van der Waals surface area contributed by atoms with Gasteiger partial charge in [0.1, 0.15) is 11.6 Å². The second kappa shape index (κ2) is 9.75. The molecule has 0 saturated carbocycles. The second-order valence-electron chi connectivity index (χ2n) is 7.15. The third kappa shape index (κ3) is 5.49. The molecule has 1 aliphatic rings. The zero-order valence-electron chi connectivity index (χ0n) is 17.4. The zero-order chi connectivity index (χ0) is 22.4. The quantitative estimate of drug-likeness (QED) is 0.546. The van der Waals surface area contributed by atoms with Crippen molar-refractivity contribution in [1.82, 2.24) is 4.31 Å². The maximum atomic E-state index is 12.8. The molecule has 0 aromatic heterocycles. The average molecular weight is 441 g/mol. The van der Waals surface area contributed by atoms with Gasteiger partial charge in [-0.15, -0.1) is 0 Å². The first kappa shape index (κ1) is 22.5. The Morgan fingerprint density at radius 1 is 1.16 bits per heavy atom. The fourth-order valence-electron chi connectivity index (χ4n) is 3.05. The van der Waals surface area contributed by atoms with Crippen molar-refractivity contribution in [3.05, 3.63) is 59.7 Å². The van der Waals surface area contributed by atoms with Gasteiger partial charge in [-0.1, -0.05) is 18.2 Å². The number of nitrogens with one attached hydrogen (secondary N) is 1. The molecule has 8 nitrogen and oxygen atoms in total. The van der Waals surface area contributed by atoms with Crippen LogP contribution in [-0.2, 0) is 19.6 Å². The highest BCUT2D eigenvalue weighted by atomic mass is 32.2. The zero-order valence-corrected chi connectivity index (χ0v) is 18.2. The molecule has 0 bridgehead atoms. The lowest BCUT2D eigenvalue weighted by molar-refractivity contribution is -0.112. The number of nitriles is 1. The number of anilines is 2. The highest BCUT2D eigenvalue weighted by Crippen LogP contribution is 2.21. The summed E-state index contributed by atoms with van der Waals surface area (Å²) in [7, 11) is 0.159. The van der Waals surface area contributed by atoms with Crippen molar-refractivity contribution in [2.24, 2.45) is 0 Å². The number of carbonyl (C=O) groups excluding carboxylic acids is 1. The third-order valence-electron chi connectivity index (χ3n) is 4.79. The summed E-state index contributed by atoms with van der Waals surface area (Å²) in [5, 5.41) is 12.0. The molecule has 1 N–H and O–H groups in total. The van der Waals surface area contributed by atoms with Crippen molar-refractivity contribution in [2.45, 2.75) is 4.90 Å². The highest BCUT2D eigenvalue weighted by molar-refractivity contribution is 7.89. The van der Waals surface area contributed by atoms with Gasteiger partial charge in [0.25, 0.3) is 5.91 Å². The summed E-state index contributed by atoms with van der Waals surface area (Å²) in [5.74, 6) is -0.611. The largest absolute Gasteiger partial charge is 0.379 e. The number of hydrogen-bond donors (Lipinski definition) is 1. The third-order valence-corrected chi connectivity index (χ3v) is 6.68. The van der Waals surface area contributed by atoms with Crippen LogP contribution in [0.3, 0.4) is 0 Å². The number of nitrogens with zero attached hydrogens (tertiary/aromatic N) is 3. The summed E-state index contributed by atoms with van der Waals surface area (Å²) in [5.41, 5.74) is 1.92. The monoisotopic (exact) mass is 440 g/mol. The van der Waals surface area contributed by atoms with Crippen LogP contribution >= 0.6 is 0 Å². The van der Waals surface area contributed by atoms with E-state index in [4.69, 9.17) is 4.74 Å². The van der Waals surface area contributed by atoms with Gasteiger partial charge in [0.15, 0.2) is 0 Å². The number of morpholine rings is 1. The van der Waals surface area contributed by atoms with E-state index >= 15 is 0 Å². The van der Waals surface area contributed by atoms with Crippen LogP contribution in [0.25, 0.3) is 6.08 Å². The van der Waals surface area contributed by atoms with Gasteiger partial charge in [0.2, 0.25) is 10.0 Å². The summed E-state index contributed by atoms with van der Waals surface area (Å²) in [4.78, 5) is 14.6. The van der Waals surface area contributed by atoms with E-state index in [0.717, 1.165) is 5.69 Å². The molecule has 1 fully saturated rings. The minimum atomic E-state index is -3.69. The van der Waals surface area contributed by atoms with Crippen molar-refractivity contribution >= 4 is 33.4 Å². The molecular weight excluding hydrogens is 416 g/mol. The van der Waals surface area contributed by atoms with E-state index in [1.165, 1.54) is 22.5 Å². The van der Waals surface area contributed by atoms with Crippen molar-refractivity contribution in [3.63, 3.8) is 0 Å². The number of amides is 1. The molecule has 9 heteroatoms. The number of rotatable bonds is 6. The normalized spacial score (nSPS) is 15.2. The van der Waals surface area contributed by atoms with Crippen LogP contribution in [0.2, 0.25) is 0 Å². The maximum Gasteiger partial charge on any atom is 0.266 e. The predicted molar refractivity (Wildman–Crippen MR) is 119 cm³/mol. The van der Waals surface area contributed by atoms with Crippen LogP contribution in [-0.4, -0.2) is 59.0 Å². The van der Waals surface area contributed by atoms with E-state index in [-0.39, 0.29) is 23.6 Å². The fourth-order valence-corrected chi connectivity index (χ4v) is 4.51. The smallest absolute Gasteiger partial charge is 0.266 e. The van der Waals surface area contributed by atoms with E-state index < -0.39 is 15.9 Å². The number of benzene rings is 2. The molecule has 3 rings (SSSR count). The van der Waals surface area contributed by atoms with Crippen LogP contribution in [0.4, 0.5) is 11.4 Å². The molecule has 1 aliphatic heterocycles. The number of carbonyl (C=O) groups is 1. The molecule has 1 amide bonds. The Morgan fingerprint density at radius 2 is 1.84 bits per heavy atom. The lowest BCUT2D eigenvalue weighted by atomic mass is 10.1. The van der Waals surface area contributed by atoms with Crippen molar-refractivity contribution in [2.75, 3.05) is 50.6 Å². The standard InChI is InChI=1S/C22H24N4O4S/c1-25(2)20-8-6-17(7-9-20)14-18(16-23)22(27)24-19-4-3-5-21(15-19)31(28,29)26-10-12-30-13-11-26/h3-9,14-15H,10-13H2,1-2H3,(H,24,27)/b18-14-. The Bertz CT molecular complexity index is 1110. The minimum Gasteiger partial charge on any atom is -0.379 e. The van der Waals surface area contributed by atoms with Gasteiger partial charge >= 0.3 is 0 Å². The van der Waals surface area contributed by atoms with Crippen LogP contribution in [0.15, 0.2) is 59.0 Å². The first-order valence-electron chi connectivity index (χ1n) is 9.70. The molecule has 0 unspecified atom stereocenters.